The van der Waals surface area contributed by atoms with E-state index in [2.05, 4.69) is 10.0 Å². The molecule has 1 aromatic rings. The first kappa shape index (κ1) is 17.3. The third-order valence-electron chi connectivity index (χ3n) is 3.01. The highest BCUT2D eigenvalue weighted by Crippen LogP contribution is 2.25. The average Bonchev–Trinajstić information content (AvgIpc) is 2.44. The van der Waals surface area contributed by atoms with Gasteiger partial charge in [-0.2, -0.15) is 0 Å². The van der Waals surface area contributed by atoms with Crippen molar-refractivity contribution in [3.63, 3.8) is 0 Å². The van der Waals surface area contributed by atoms with Crippen molar-refractivity contribution in [2.45, 2.75) is 18.2 Å². The van der Waals surface area contributed by atoms with Crippen LogP contribution in [0.3, 0.4) is 0 Å². The second-order valence-corrected chi connectivity index (χ2v) is 6.33. The molecule has 0 aromatic heterocycles. The number of anilines is 2. The molecule has 0 heterocycles. The van der Waals surface area contributed by atoms with E-state index in [1.54, 1.807) is 32.0 Å². The predicted molar refractivity (Wildman–Crippen MR) is 83.7 cm³/mol. The lowest BCUT2D eigenvalue weighted by Crippen LogP contribution is -2.27. The van der Waals surface area contributed by atoms with Crippen LogP contribution in [0.15, 0.2) is 23.1 Å². The predicted octanol–water partition coefficient (Wildman–Crippen LogP) is 0.139. The van der Waals surface area contributed by atoms with Crippen LogP contribution in [0, 0.1) is 0 Å². The van der Waals surface area contributed by atoms with Crippen molar-refractivity contribution in [2.24, 2.45) is 0 Å². The minimum absolute atomic E-state index is 0.0863. The lowest BCUT2D eigenvalue weighted by atomic mass is 10.2. The van der Waals surface area contributed by atoms with E-state index < -0.39 is 10.0 Å². The zero-order valence-electron chi connectivity index (χ0n) is 12.5. The van der Waals surface area contributed by atoms with Crippen molar-refractivity contribution >= 4 is 27.3 Å². The summed E-state index contributed by atoms with van der Waals surface area (Å²) in [6.45, 7) is 2.47. The van der Waals surface area contributed by atoms with E-state index in [0.717, 1.165) is 0 Å². The van der Waals surface area contributed by atoms with E-state index in [4.69, 9.17) is 5.73 Å². The van der Waals surface area contributed by atoms with Gasteiger partial charge in [-0.3, -0.25) is 4.79 Å². The minimum Gasteiger partial charge on any atom is -0.397 e. The number of sulfonamides is 1. The van der Waals surface area contributed by atoms with E-state index in [9.17, 15) is 13.2 Å². The normalized spacial score (nSPS) is 11.2. The van der Waals surface area contributed by atoms with Gasteiger partial charge in [-0.1, -0.05) is 6.92 Å². The summed E-state index contributed by atoms with van der Waals surface area (Å²) in [7, 11) is -0.199. The Balaban J connectivity index is 2.99. The molecule has 4 N–H and O–H groups in total. The average molecular weight is 314 g/mol. The van der Waals surface area contributed by atoms with Gasteiger partial charge in [0.1, 0.15) is 0 Å². The third kappa shape index (κ3) is 4.61. The van der Waals surface area contributed by atoms with Gasteiger partial charge in [0.2, 0.25) is 15.9 Å². The van der Waals surface area contributed by atoms with Crippen molar-refractivity contribution < 1.29 is 13.2 Å². The Labute approximate surface area is 125 Å². The number of benzene rings is 1. The number of hydrogen-bond donors (Lipinski definition) is 3. The molecular weight excluding hydrogens is 292 g/mol. The van der Waals surface area contributed by atoms with Gasteiger partial charge in [0.05, 0.1) is 16.3 Å². The summed E-state index contributed by atoms with van der Waals surface area (Å²) in [6.07, 6.45) is 0.302. The molecule has 0 saturated carbocycles. The molecular formula is C13H22N4O3S. The minimum atomic E-state index is -3.53. The third-order valence-corrected chi connectivity index (χ3v) is 4.55. The summed E-state index contributed by atoms with van der Waals surface area (Å²) < 4.78 is 26.4. The first-order valence-electron chi connectivity index (χ1n) is 6.62. The molecule has 0 aliphatic heterocycles. The molecule has 0 spiro atoms. The van der Waals surface area contributed by atoms with Gasteiger partial charge in [-0.25, -0.2) is 13.1 Å². The number of hydrogen-bond acceptors (Lipinski definition) is 5. The van der Waals surface area contributed by atoms with Crippen LogP contribution in [0.1, 0.15) is 13.3 Å². The Morgan fingerprint density at radius 3 is 2.62 bits per heavy atom. The van der Waals surface area contributed by atoms with E-state index in [0.29, 0.717) is 30.9 Å². The standard InChI is InChI=1S/C13H22N4O3S/c1-4-16-21(19,20)10-5-6-11(14)12(9-10)17(3)8-7-13(18)15-2/h5-6,9,16H,4,7-8,14H2,1-3H3,(H,15,18). The summed E-state index contributed by atoms with van der Waals surface area (Å²) in [5.41, 5.74) is 6.93. The van der Waals surface area contributed by atoms with E-state index in [-0.39, 0.29) is 10.8 Å². The zero-order valence-corrected chi connectivity index (χ0v) is 13.3. The molecule has 0 bridgehead atoms. The molecule has 0 aliphatic rings. The van der Waals surface area contributed by atoms with Crippen LogP contribution in [-0.2, 0) is 14.8 Å². The molecule has 0 fully saturated rings. The second kappa shape index (κ2) is 7.28. The number of nitrogens with two attached hydrogens (primary N) is 1. The van der Waals surface area contributed by atoms with E-state index in [1.165, 1.54) is 12.1 Å². The van der Waals surface area contributed by atoms with Gasteiger partial charge >= 0.3 is 0 Å². The van der Waals surface area contributed by atoms with Gasteiger partial charge in [0, 0.05) is 33.6 Å². The van der Waals surface area contributed by atoms with Crippen LogP contribution >= 0.6 is 0 Å². The lowest BCUT2D eigenvalue weighted by molar-refractivity contribution is -0.120. The summed E-state index contributed by atoms with van der Waals surface area (Å²) >= 11 is 0. The molecule has 8 heteroatoms. The molecule has 1 amide bonds. The van der Waals surface area contributed by atoms with Gasteiger partial charge in [0.25, 0.3) is 0 Å². The largest absolute Gasteiger partial charge is 0.397 e. The number of carbonyl (C=O) groups is 1. The van der Waals surface area contributed by atoms with E-state index >= 15 is 0 Å². The highest BCUT2D eigenvalue weighted by molar-refractivity contribution is 7.89. The Kier molecular flexibility index (Phi) is 5.98. The maximum absolute atomic E-state index is 12.0. The molecule has 118 valence electrons. The van der Waals surface area contributed by atoms with Crippen molar-refractivity contribution in [3.8, 4) is 0 Å². The van der Waals surface area contributed by atoms with Crippen molar-refractivity contribution in [1.29, 1.82) is 0 Å². The number of rotatable bonds is 7. The van der Waals surface area contributed by atoms with Crippen LogP contribution < -0.4 is 20.7 Å². The molecule has 1 rings (SSSR count). The number of nitrogen functional groups attached to an aromatic ring is 1. The number of amides is 1. The van der Waals surface area contributed by atoms with Crippen LogP contribution in [0.2, 0.25) is 0 Å². The molecule has 7 nitrogen and oxygen atoms in total. The number of nitrogens with one attached hydrogen (secondary N) is 2. The van der Waals surface area contributed by atoms with Gasteiger partial charge in [-0.15, -0.1) is 0 Å². The van der Waals surface area contributed by atoms with E-state index in [1.807, 2.05) is 0 Å². The van der Waals surface area contributed by atoms with Gasteiger partial charge in [-0.05, 0) is 18.2 Å². The summed E-state index contributed by atoms with van der Waals surface area (Å²) in [5.74, 6) is -0.0863. The fraction of sp³-hybridized carbons (Fsp3) is 0.462. The summed E-state index contributed by atoms with van der Waals surface area (Å²) in [6, 6.07) is 4.52. The van der Waals surface area contributed by atoms with Crippen molar-refractivity contribution in [2.75, 3.05) is 37.8 Å². The van der Waals surface area contributed by atoms with Crippen LogP contribution in [0.5, 0.6) is 0 Å². The van der Waals surface area contributed by atoms with Gasteiger partial charge in [0.15, 0.2) is 0 Å². The SMILES string of the molecule is CCNS(=O)(=O)c1ccc(N)c(N(C)CCC(=O)NC)c1. The fourth-order valence-corrected chi connectivity index (χ4v) is 2.87. The molecule has 0 aliphatic carbocycles. The Morgan fingerprint density at radius 1 is 1.38 bits per heavy atom. The molecule has 21 heavy (non-hydrogen) atoms. The zero-order chi connectivity index (χ0) is 16.0. The quantitative estimate of drug-likeness (QED) is 0.621. The summed E-state index contributed by atoms with van der Waals surface area (Å²) in [4.78, 5) is 13.2. The van der Waals surface area contributed by atoms with Crippen LogP contribution in [0.25, 0.3) is 0 Å². The highest BCUT2D eigenvalue weighted by Gasteiger charge is 2.16. The molecule has 1 aromatic carbocycles. The topological polar surface area (TPSA) is 105 Å². The molecule has 0 unspecified atom stereocenters. The molecule has 0 atom stereocenters. The maximum Gasteiger partial charge on any atom is 0.240 e. The molecule has 0 saturated heterocycles. The molecule has 0 radical (unpaired) electrons. The van der Waals surface area contributed by atoms with Crippen molar-refractivity contribution in [3.05, 3.63) is 18.2 Å². The number of nitrogens with zero attached hydrogens (tertiary/aromatic N) is 1. The van der Waals surface area contributed by atoms with Crippen LogP contribution in [-0.4, -0.2) is 41.5 Å². The fourth-order valence-electron chi connectivity index (χ4n) is 1.81. The Morgan fingerprint density at radius 2 is 2.05 bits per heavy atom. The second-order valence-electron chi connectivity index (χ2n) is 4.57. The smallest absolute Gasteiger partial charge is 0.240 e. The van der Waals surface area contributed by atoms with Crippen molar-refractivity contribution in [1.82, 2.24) is 10.0 Å². The highest BCUT2D eigenvalue weighted by atomic mass is 32.2. The van der Waals surface area contributed by atoms with Gasteiger partial charge < -0.3 is 16.0 Å². The first-order chi connectivity index (χ1) is 9.81. The Bertz CT molecular complexity index is 601. The summed E-state index contributed by atoms with van der Waals surface area (Å²) in [5, 5.41) is 2.54. The maximum atomic E-state index is 12.0. The lowest BCUT2D eigenvalue weighted by Gasteiger charge is -2.21. The number of carbonyl (C=O) groups excluding carboxylic acids is 1. The van der Waals surface area contributed by atoms with Crippen LogP contribution in [0.4, 0.5) is 11.4 Å². The Hall–Kier alpha value is -1.80. The monoisotopic (exact) mass is 314 g/mol. The first-order valence-corrected chi connectivity index (χ1v) is 8.11.